The number of hydrogen-bond donors (Lipinski definition) is 1. The lowest BCUT2D eigenvalue weighted by atomic mass is 10.0. The minimum absolute atomic E-state index is 0.00617. The molecule has 2 atom stereocenters. The highest BCUT2D eigenvalue weighted by molar-refractivity contribution is 7.89. The predicted molar refractivity (Wildman–Crippen MR) is 98.7 cm³/mol. The second-order valence-corrected chi connectivity index (χ2v) is 9.04. The van der Waals surface area contributed by atoms with Gasteiger partial charge in [0.25, 0.3) is 0 Å². The summed E-state index contributed by atoms with van der Waals surface area (Å²) in [6.07, 6.45) is 0. The summed E-state index contributed by atoms with van der Waals surface area (Å²) < 4.78 is 27.0. The van der Waals surface area contributed by atoms with Crippen LogP contribution in [0.3, 0.4) is 0 Å². The van der Waals surface area contributed by atoms with Gasteiger partial charge in [0.2, 0.25) is 15.9 Å². The quantitative estimate of drug-likeness (QED) is 0.857. The van der Waals surface area contributed by atoms with E-state index < -0.39 is 10.0 Å². The van der Waals surface area contributed by atoms with E-state index in [-0.39, 0.29) is 17.9 Å². The van der Waals surface area contributed by atoms with Gasteiger partial charge in [-0.15, -0.1) is 0 Å². The molecule has 0 saturated carbocycles. The molecule has 0 aromatic heterocycles. The molecule has 0 bridgehead atoms. The Kier molecular flexibility index (Phi) is 6.24. The minimum atomic E-state index is -3.52. The van der Waals surface area contributed by atoms with Crippen LogP contribution in [0.1, 0.15) is 39.2 Å². The van der Waals surface area contributed by atoms with Gasteiger partial charge in [0.05, 0.1) is 10.8 Å². The Hall–Kier alpha value is -1.44. The van der Waals surface area contributed by atoms with Crippen LogP contribution >= 0.6 is 0 Å². The van der Waals surface area contributed by atoms with Gasteiger partial charge in [-0.25, -0.2) is 8.42 Å². The van der Waals surface area contributed by atoms with E-state index in [1.54, 1.807) is 17.0 Å². The zero-order valence-corrected chi connectivity index (χ0v) is 16.3. The van der Waals surface area contributed by atoms with Gasteiger partial charge in [0, 0.05) is 32.2 Å². The molecule has 1 saturated heterocycles. The van der Waals surface area contributed by atoms with E-state index >= 15 is 0 Å². The lowest BCUT2D eigenvalue weighted by Gasteiger charge is -2.35. The molecule has 0 radical (unpaired) electrons. The summed E-state index contributed by atoms with van der Waals surface area (Å²) in [6, 6.07) is 6.85. The molecular formula is C18H29N3O3S. The van der Waals surface area contributed by atoms with E-state index in [0.717, 1.165) is 5.56 Å². The van der Waals surface area contributed by atoms with E-state index in [1.165, 1.54) is 4.31 Å². The lowest BCUT2D eigenvalue weighted by molar-refractivity contribution is -0.136. The molecule has 0 spiro atoms. The second kappa shape index (κ2) is 7.85. The average molecular weight is 368 g/mol. The largest absolute Gasteiger partial charge is 0.340 e. The summed E-state index contributed by atoms with van der Waals surface area (Å²) >= 11 is 0. The molecule has 7 heteroatoms. The van der Waals surface area contributed by atoms with Crippen molar-refractivity contribution in [2.45, 2.75) is 44.6 Å². The molecule has 2 rings (SSSR count). The third-order valence-corrected chi connectivity index (χ3v) is 6.83. The molecule has 2 unspecified atom stereocenters. The molecule has 1 aromatic carbocycles. The van der Waals surface area contributed by atoms with Crippen LogP contribution in [-0.4, -0.2) is 55.8 Å². The van der Waals surface area contributed by atoms with Crippen molar-refractivity contribution in [1.82, 2.24) is 9.21 Å². The zero-order valence-electron chi connectivity index (χ0n) is 15.5. The molecular weight excluding hydrogens is 338 g/mol. The highest BCUT2D eigenvalue weighted by Gasteiger charge is 2.32. The first-order valence-corrected chi connectivity index (χ1v) is 10.2. The van der Waals surface area contributed by atoms with Gasteiger partial charge in [-0.05, 0) is 30.5 Å². The van der Waals surface area contributed by atoms with Crippen molar-refractivity contribution < 1.29 is 13.2 Å². The fourth-order valence-corrected chi connectivity index (χ4v) is 4.26. The van der Waals surface area contributed by atoms with Crippen LogP contribution in [0.4, 0.5) is 0 Å². The van der Waals surface area contributed by atoms with Crippen molar-refractivity contribution in [3.05, 3.63) is 29.8 Å². The molecule has 0 aliphatic carbocycles. The molecule has 2 N–H and O–H groups in total. The molecule has 1 amide bonds. The van der Waals surface area contributed by atoms with Gasteiger partial charge in [0.15, 0.2) is 0 Å². The maximum atomic E-state index is 12.8. The maximum absolute atomic E-state index is 12.8. The topological polar surface area (TPSA) is 83.7 Å². The van der Waals surface area contributed by atoms with E-state index in [9.17, 15) is 13.2 Å². The van der Waals surface area contributed by atoms with Gasteiger partial charge in [-0.3, -0.25) is 4.79 Å². The standard InChI is InChI=1S/C18H29N3O3S/c1-13(2)16-5-7-17(8-6-16)25(23,24)21-11-9-20(10-12-21)18(22)14(3)15(4)19/h5-8,13-15H,9-12,19H2,1-4H3. The first kappa shape index (κ1) is 19.9. The summed E-state index contributed by atoms with van der Waals surface area (Å²) in [6.45, 7) is 9.19. The third kappa shape index (κ3) is 4.40. The van der Waals surface area contributed by atoms with Gasteiger partial charge in [-0.1, -0.05) is 32.9 Å². The number of nitrogens with zero attached hydrogens (tertiary/aromatic N) is 2. The first-order chi connectivity index (χ1) is 11.6. The molecule has 1 aliphatic rings. The Bertz CT molecular complexity index is 691. The summed E-state index contributed by atoms with van der Waals surface area (Å²) in [7, 11) is -3.52. The Labute approximate surface area is 151 Å². The predicted octanol–water partition coefficient (Wildman–Crippen LogP) is 1.63. The van der Waals surface area contributed by atoms with Gasteiger partial charge in [0.1, 0.15) is 0 Å². The van der Waals surface area contributed by atoms with Gasteiger partial charge < -0.3 is 10.6 Å². The Morgan fingerprint density at radius 2 is 1.52 bits per heavy atom. The Balaban J connectivity index is 2.05. The highest BCUT2D eigenvalue weighted by Crippen LogP contribution is 2.21. The van der Waals surface area contributed by atoms with Crippen LogP contribution in [-0.2, 0) is 14.8 Å². The van der Waals surface area contributed by atoms with E-state index in [4.69, 9.17) is 5.73 Å². The molecule has 1 aliphatic heterocycles. The van der Waals surface area contributed by atoms with E-state index in [1.807, 2.05) is 26.0 Å². The molecule has 25 heavy (non-hydrogen) atoms. The van der Waals surface area contributed by atoms with Crippen molar-refractivity contribution in [2.75, 3.05) is 26.2 Å². The first-order valence-electron chi connectivity index (χ1n) is 8.79. The van der Waals surface area contributed by atoms with Crippen LogP contribution < -0.4 is 5.73 Å². The van der Waals surface area contributed by atoms with E-state index in [0.29, 0.717) is 37.0 Å². The fourth-order valence-electron chi connectivity index (χ4n) is 2.84. The van der Waals surface area contributed by atoms with Crippen molar-refractivity contribution in [2.24, 2.45) is 11.7 Å². The van der Waals surface area contributed by atoms with Crippen LogP contribution in [0.5, 0.6) is 0 Å². The number of carbonyl (C=O) groups excluding carboxylic acids is 1. The summed E-state index contributed by atoms with van der Waals surface area (Å²) in [5.74, 6) is 0.0957. The smallest absolute Gasteiger partial charge is 0.243 e. The number of sulfonamides is 1. The van der Waals surface area contributed by atoms with Crippen molar-refractivity contribution in [3.8, 4) is 0 Å². The van der Waals surface area contributed by atoms with Crippen molar-refractivity contribution in [1.29, 1.82) is 0 Å². The van der Waals surface area contributed by atoms with Crippen LogP contribution in [0.2, 0.25) is 0 Å². The normalized spacial score (nSPS) is 19.0. The lowest BCUT2D eigenvalue weighted by Crippen LogP contribution is -2.53. The second-order valence-electron chi connectivity index (χ2n) is 7.10. The van der Waals surface area contributed by atoms with Crippen LogP contribution in [0.15, 0.2) is 29.2 Å². The van der Waals surface area contributed by atoms with Gasteiger partial charge >= 0.3 is 0 Å². The highest BCUT2D eigenvalue weighted by atomic mass is 32.2. The molecule has 140 valence electrons. The Morgan fingerprint density at radius 1 is 1.00 bits per heavy atom. The monoisotopic (exact) mass is 367 g/mol. The number of amides is 1. The SMILES string of the molecule is CC(C)c1ccc(S(=O)(=O)N2CCN(C(=O)C(C)C(C)N)CC2)cc1. The number of benzene rings is 1. The van der Waals surface area contributed by atoms with Crippen molar-refractivity contribution >= 4 is 15.9 Å². The molecule has 1 aromatic rings. The average Bonchev–Trinajstić information content (AvgIpc) is 2.60. The fraction of sp³-hybridized carbons (Fsp3) is 0.611. The number of piperazine rings is 1. The van der Waals surface area contributed by atoms with E-state index in [2.05, 4.69) is 13.8 Å². The van der Waals surface area contributed by atoms with Gasteiger partial charge in [-0.2, -0.15) is 4.31 Å². The molecule has 1 fully saturated rings. The number of carbonyl (C=O) groups is 1. The Morgan fingerprint density at radius 3 is 1.96 bits per heavy atom. The molecule has 1 heterocycles. The zero-order chi connectivity index (χ0) is 18.8. The summed E-state index contributed by atoms with van der Waals surface area (Å²) in [5.41, 5.74) is 6.91. The van der Waals surface area contributed by atoms with Crippen LogP contribution in [0, 0.1) is 5.92 Å². The minimum Gasteiger partial charge on any atom is -0.340 e. The summed E-state index contributed by atoms with van der Waals surface area (Å²) in [4.78, 5) is 14.4. The van der Waals surface area contributed by atoms with Crippen molar-refractivity contribution in [3.63, 3.8) is 0 Å². The third-order valence-electron chi connectivity index (χ3n) is 4.91. The number of nitrogens with two attached hydrogens (primary N) is 1. The molecule has 6 nitrogen and oxygen atoms in total. The van der Waals surface area contributed by atoms with Crippen LogP contribution in [0.25, 0.3) is 0 Å². The number of hydrogen-bond acceptors (Lipinski definition) is 4. The summed E-state index contributed by atoms with van der Waals surface area (Å²) in [5, 5.41) is 0. The number of rotatable bonds is 5. The maximum Gasteiger partial charge on any atom is 0.243 e.